The van der Waals surface area contributed by atoms with Crippen LogP contribution in [0, 0.1) is 5.92 Å². The third-order valence-electron chi connectivity index (χ3n) is 3.30. The number of carbonyl (C=O) groups excluding carboxylic acids is 1. The van der Waals surface area contributed by atoms with Crippen LogP contribution in [0.4, 0.5) is 0 Å². The van der Waals surface area contributed by atoms with Crippen molar-refractivity contribution in [2.24, 2.45) is 5.92 Å². The molecule has 1 aromatic carbocycles. The van der Waals surface area contributed by atoms with Gasteiger partial charge in [-0.2, -0.15) is 0 Å². The van der Waals surface area contributed by atoms with E-state index in [4.69, 9.17) is 5.11 Å². The first kappa shape index (κ1) is 12.8. The zero-order valence-corrected chi connectivity index (χ0v) is 10.4. The number of rotatable bonds is 5. The summed E-state index contributed by atoms with van der Waals surface area (Å²) in [4.78, 5) is 11.8. The van der Waals surface area contributed by atoms with Crippen molar-refractivity contribution < 1.29 is 9.90 Å². The van der Waals surface area contributed by atoms with Gasteiger partial charge in [0.05, 0.1) is 6.61 Å². The summed E-state index contributed by atoms with van der Waals surface area (Å²) < 4.78 is 0. The van der Waals surface area contributed by atoms with Crippen LogP contribution < -0.4 is 5.32 Å². The molecule has 18 heavy (non-hydrogen) atoms. The maximum atomic E-state index is 11.8. The third kappa shape index (κ3) is 3.44. The molecule has 0 saturated heterocycles. The van der Waals surface area contributed by atoms with E-state index in [0.717, 1.165) is 24.8 Å². The van der Waals surface area contributed by atoms with Gasteiger partial charge >= 0.3 is 0 Å². The van der Waals surface area contributed by atoms with Gasteiger partial charge in [0.15, 0.2) is 0 Å². The Labute approximate surface area is 108 Å². The lowest BCUT2D eigenvalue weighted by molar-refractivity contribution is -0.124. The maximum absolute atomic E-state index is 11.8. The normalized spacial score (nSPS) is 14.9. The molecule has 1 aromatic rings. The number of hydrogen-bond donors (Lipinski definition) is 2. The molecular weight excluding hydrogens is 226 g/mol. The van der Waals surface area contributed by atoms with E-state index in [0.29, 0.717) is 6.54 Å². The van der Waals surface area contributed by atoms with E-state index in [1.54, 1.807) is 0 Å². The summed E-state index contributed by atoms with van der Waals surface area (Å²) in [5.74, 6) is 0.300. The lowest BCUT2D eigenvalue weighted by Crippen LogP contribution is -2.31. The van der Waals surface area contributed by atoms with Gasteiger partial charge in [-0.25, -0.2) is 0 Å². The predicted molar refractivity (Wildman–Crippen MR) is 70.9 cm³/mol. The van der Waals surface area contributed by atoms with Gasteiger partial charge in [0.2, 0.25) is 5.91 Å². The molecule has 3 heteroatoms. The molecular formula is C15H19NO2. The number of aliphatic hydroxyl groups is 1. The topological polar surface area (TPSA) is 49.3 Å². The second-order valence-electron chi connectivity index (χ2n) is 4.66. The summed E-state index contributed by atoms with van der Waals surface area (Å²) >= 11 is 0. The average molecular weight is 245 g/mol. The van der Waals surface area contributed by atoms with E-state index in [1.807, 2.05) is 24.3 Å². The highest BCUT2D eigenvalue weighted by Gasteiger charge is 2.18. The standard InChI is InChI=1S/C15H19NO2/c17-11-13-7-5-12(6-8-13)9-10-16-15(18)14-3-1-2-4-14/h1-2,5-8,14,17H,3-4,9-11H2,(H,16,18). The first-order valence-electron chi connectivity index (χ1n) is 6.41. The molecule has 1 aliphatic rings. The number of aliphatic hydroxyl groups excluding tert-OH is 1. The van der Waals surface area contributed by atoms with Crippen LogP contribution in [0.3, 0.4) is 0 Å². The predicted octanol–water partition coefficient (Wildman–Crippen LogP) is 1.80. The van der Waals surface area contributed by atoms with E-state index in [9.17, 15) is 4.79 Å². The summed E-state index contributed by atoms with van der Waals surface area (Å²) in [6.07, 6.45) is 6.71. The molecule has 2 rings (SSSR count). The van der Waals surface area contributed by atoms with E-state index in [2.05, 4.69) is 17.5 Å². The van der Waals surface area contributed by atoms with Crippen LogP contribution in [0.1, 0.15) is 24.0 Å². The Balaban J connectivity index is 1.72. The van der Waals surface area contributed by atoms with Gasteiger partial charge in [-0.1, -0.05) is 36.4 Å². The van der Waals surface area contributed by atoms with Crippen molar-refractivity contribution in [2.75, 3.05) is 6.54 Å². The number of carbonyl (C=O) groups is 1. The summed E-state index contributed by atoms with van der Waals surface area (Å²) in [6, 6.07) is 7.82. The fourth-order valence-corrected chi connectivity index (χ4v) is 2.12. The number of amides is 1. The first-order valence-corrected chi connectivity index (χ1v) is 6.41. The second-order valence-corrected chi connectivity index (χ2v) is 4.66. The van der Waals surface area contributed by atoms with Crippen LogP contribution in [-0.4, -0.2) is 17.6 Å². The number of allylic oxidation sites excluding steroid dienone is 2. The first-order chi connectivity index (χ1) is 8.79. The van der Waals surface area contributed by atoms with Gasteiger partial charge in [-0.3, -0.25) is 4.79 Å². The average Bonchev–Trinajstić information content (AvgIpc) is 2.93. The van der Waals surface area contributed by atoms with Crippen molar-refractivity contribution in [3.63, 3.8) is 0 Å². The molecule has 96 valence electrons. The van der Waals surface area contributed by atoms with E-state index >= 15 is 0 Å². The van der Waals surface area contributed by atoms with E-state index in [1.165, 1.54) is 5.56 Å². The highest BCUT2D eigenvalue weighted by atomic mass is 16.3. The SMILES string of the molecule is O=C(NCCc1ccc(CO)cc1)C1CC=CC1. The molecule has 0 saturated carbocycles. The van der Waals surface area contributed by atoms with Crippen LogP contribution in [0.2, 0.25) is 0 Å². The minimum absolute atomic E-state index is 0.0751. The van der Waals surface area contributed by atoms with Gasteiger partial charge in [0.1, 0.15) is 0 Å². The molecule has 2 N–H and O–H groups in total. The molecule has 0 aromatic heterocycles. The Morgan fingerprint density at radius 3 is 2.39 bits per heavy atom. The van der Waals surface area contributed by atoms with E-state index in [-0.39, 0.29) is 18.4 Å². The van der Waals surface area contributed by atoms with Crippen molar-refractivity contribution in [1.82, 2.24) is 5.32 Å². The van der Waals surface area contributed by atoms with Crippen molar-refractivity contribution in [2.45, 2.75) is 25.9 Å². The number of nitrogens with one attached hydrogen (secondary N) is 1. The molecule has 0 unspecified atom stereocenters. The highest BCUT2D eigenvalue weighted by Crippen LogP contribution is 2.17. The Bertz CT molecular complexity index is 415. The molecule has 0 fully saturated rings. The summed E-state index contributed by atoms with van der Waals surface area (Å²) in [7, 11) is 0. The van der Waals surface area contributed by atoms with E-state index < -0.39 is 0 Å². The fraction of sp³-hybridized carbons (Fsp3) is 0.400. The van der Waals surface area contributed by atoms with Crippen LogP contribution in [0.5, 0.6) is 0 Å². The van der Waals surface area contributed by atoms with Gasteiger partial charge in [-0.05, 0) is 30.4 Å². The molecule has 3 nitrogen and oxygen atoms in total. The minimum atomic E-state index is 0.0751. The summed E-state index contributed by atoms with van der Waals surface area (Å²) in [5, 5.41) is 11.9. The summed E-state index contributed by atoms with van der Waals surface area (Å²) in [5.41, 5.74) is 2.09. The van der Waals surface area contributed by atoms with Crippen molar-refractivity contribution in [3.05, 3.63) is 47.5 Å². The van der Waals surface area contributed by atoms with Gasteiger partial charge in [0.25, 0.3) is 0 Å². The Morgan fingerprint density at radius 1 is 1.17 bits per heavy atom. The van der Waals surface area contributed by atoms with Crippen molar-refractivity contribution >= 4 is 5.91 Å². The van der Waals surface area contributed by atoms with Gasteiger partial charge in [-0.15, -0.1) is 0 Å². The molecule has 0 bridgehead atoms. The Kier molecular flexibility index (Phi) is 4.53. The molecule has 0 spiro atoms. The largest absolute Gasteiger partial charge is 0.392 e. The zero-order chi connectivity index (χ0) is 12.8. The van der Waals surface area contributed by atoms with Crippen LogP contribution in [-0.2, 0) is 17.8 Å². The lowest BCUT2D eigenvalue weighted by Gasteiger charge is -2.10. The van der Waals surface area contributed by atoms with Crippen LogP contribution in [0.25, 0.3) is 0 Å². The van der Waals surface area contributed by atoms with Gasteiger partial charge in [0, 0.05) is 12.5 Å². The minimum Gasteiger partial charge on any atom is -0.392 e. The Hall–Kier alpha value is -1.61. The number of benzene rings is 1. The van der Waals surface area contributed by atoms with Crippen molar-refractivity contribution in [3.8, 4) is 0 Å². The molecule has 0 radical (unpaired) electrons. The monoisotopic (exact) mass is 245 g/mol. The maximum Gasteiger partial charge on any atom is 0.223 e. The lowest BCUT2D eigenvalue weighted by atomic mass is 10.1. The van der Waals surface area contributed by atoms with Crippen LogP contribution >= 0.6 is 0 Å². The molecule has 0 atom stereocenters. The second kappa shape index (κ2) is 6.36. The quantitative estimate of drug-likeness (QED) is 0.777. The summed E-state index contributed by atoms with van der Waals surface area (Å²) in [6.45, 7) is 0.750. The molecule has 0 heterocycles. The van der Waals surface area contributed by atoms with Gasteiger partial charge < -0.3 is 10.4 Å². The third-order valence-corrected chi connectivity index (χ3v) is 3.30. The van der Waals surface area contributed by atoms with Crippen molar-refractivity contribution in [1.29, 1.82) is 0 Å². The van der Waals surface area contributed by atoms with Crippen LogP contribution in [0.15, 0.2) is 36.4 Å². The fourth-order valence-electron chi connectivity index (χ4n) is 2.12. The molecule has 1 aliphatic carbocycles. The Morgan fingerprint density at radius 2 is 1.78 bits per heavy atom. The molecule has 1 amide bonds. The zero-order valence-electron chi connectivity index (χ0n) is 10.4. The number of hydrogen-bond acceptors (Lipinski definition) is 2. The smallest absolute Gasteiger partial charge is 0.223 e. The highest BCUT2D eigenvalue weighted by molar-refractivity contribution is 5.79. The molecule has 0 aliphatic heterocycles.